The molecule has 0 aliphatic heterocycles. The minimum atomic E-state index is -4.27. The van der Waals surface area contributed by atoms with Crippen LogP contribution in [-0.2, 0) is 19.6 Å². The van der Waals surface area contributed by atoms with E-state index in [0.717, 1.165) is 24.3 Å². The molecule has 0 aliphatic rings. The van der Waals surface area contributed by atoms with Crippen molar-refractivity contribution < 1.29 is 33.1 Å². The van der Waals surface area contributed by atoms with Crippen LogP contribution in [0.1, 0.15) is 6.42 Å². The standard InChI is InChI=1S/C11H12N2O8S/c14-10(15)5-6-12(7-11(16)17)22(20,21)9-3-1-8(2-4-9)13(18)19/h1-4H,5-7H2,(H,14,15)(H,16,17). The van der Waals surface area contributed by atoms with Gasteiger partial charge in [0.2, 0.25) is 10.0 Å². The number of aliphatic carboxylic acids is 2. The first-order valence-electron chi connectivity index (χ1n) is 5.83. The number of nitro benzene ring substituents is 1. The molecule has 0 unspecified atom stereocenters. The van der Waals surface area contributed by atoms with Gasteiger partial charge in [0.05, 0.1) is 16.2 Å². The van der Waals surface area contributed by atoms with Crippen LogP contribution in [0.3, 0.4) is 0 Å². The Morgan fingerprint density at radius 3 is 2.09 bits per heavy atom. The molecule has 0 radical (unpaired) electrons. The van der Waals surface area contributed by atoms with E-state index in [-0.39, 0.29) is 10.6 Å². The second kappa shape index (κ2) is 6.95. The van der Waals surface area contributed by atoms with Crippen LogP contribution in [0.4, 0.5) is 5.69 Å². The van der Waals surface area contributed by atoms with Crippen molar-refractivity contribution in [2.75, 3.05) is 13.1 Å². The number of nitrogens with zero attached hydrogens (tertiary/aromatic N) is 2. The van der Waals surface area contributed by atoms with Gasteiger partial charge in [0.1, 0.15) is 6.54 Å². The number of benzene rings is 1. The van der Waals surface area contributed by atoms with Crippen molar-refractivity contribution in [1.29, 1.82) is 0 Å². The SMILES string of the molecule is O=C(O)CCN(CC(=O)O)S(=O)(=O)c1ccc([N+](=O)[O-])cc1. The number of hydrogen-bond donors (Lipinski definition) is 2. The number of carbonyl (C=O) groups is 2. The predicted octanol–water partition coefficient (Wildman–Crippen LogP) is 0.145. The predicted molar refractivity (Wildman–Crippen MR) is 71.7 cm³/mol. The lowest BCUT2D eigenvalue weighted by molar-refractivity contribution is -0.384. The lowest BCUT2D eigenvalue weighted by Gasteiger charge is -2.19. The van der Waals surface area contributed by atoms with E-state index >= 15 is 0 Å². The molecule has 0 bridgehead atoms. The summed E-state index contributed by atoms with van der Waals surface area (Å²) in [6, 6.07) is 3.85. The molecule has 0 saturated carbocycles. The molecule has 0 aromatic heterocycles. The average Bonchev–Trinajstić information content (AvgIpc) is 2.42. The monoisotopic (exact) mass is 332 g/mol. The van der Waals surface area contributed by atoms with E-state index in [1.54, 1.807) is 0 Å². The number of carboxylic acids is 2. The quantitative estimate of drug-likeness (QED) is 0.503. The lowest BCUT2D eigenvalue weighted by Crippen LogP contribution is -2.37. The summed E-state index contributed by atoms with van der Waals surface area (Å²) in [5.41, 5.74) is -0.325. The van der Waals surface area contributed by atoms with Gasteiger partial charge in [-0.2, -0.15) is 4.31 Å². The van der Waals surface area contributed by atoms with Crippen molar-refractivity contribution in [1.82, 2.24) is 4.31 Å². The molecule has 1 aromatic rings. The normalized spacial score (nSPS) is 11.3. The fourth-order valence-electron chi connectivity index (χ4n) is 1.54. The number of non-ortho nitro benzene ring substituents is 1. The highest BCUT2D eigenvalue weighted by Crippen LogP contribution is 2.19. The lowest BCUT2D eigenvalue weighted by atomic mass is 10.3. The number of nitro groups is 1. The Bertz CT molecular complexity index is 683. The van der Waals surface area contributed by atoms with Crippen molar-refractivity contribution in [2.45, 2.75) is 11.3 Å². The van der Waals surface area contributed by atoms with Crippen LogP contribution in [0.15, 0.2) is 29.2 Å². The molecule has 0 aliphatic carbocycles. The molecule has 0 saturated heterocycles. The van der Waals surface area contributed by atoms with Gasteiger partial charge in [-0.15, -0.1) is 0 Å². The summed E-state index contributed by atoms with van der Waals surface area (Å²) in [6.45, 7) is -1.44. The molecule has 10 nitrogen and oxygen atoms in total. The van der Waals surface area contributed by atoms with Gasteiger partial charge in [0.25, 0.3) is 5.69 Å². The van der Waals surface area contributed by atoms with Gasteiger partial charge in [0, 0.05) is 18.7 Å². The van der Waals surface area contributed by atoms with Crippen LogP contribution in [0.5, 0.6) is 0 Å². The summed E-state index contributed by atoms with van der Waals surface area (Å²) in [4.78, 5) is 30.7. The molecular weight excluding hydrogens is 320 g/mol. The van der Waals surface area contributed by atoms with Crippen LogP contribution >= 0.6 is 0 Å². The maximum atomic E-state index is 12.3. The van der Waals surface area contributed by atoms with Crippen molar-refractivity contribution in [3.05, 3.63) is 34.4 Å². The Morgan fingerprint density at radius 1 is 1.14 bits per heavy atom. The summed E-state index contributed by atoms with van der Waals surface area (Å²) in [7, 11) is -4.27. The molecule has 0 fully saturated rings. The first-order valence-corrected chi connectivity index (χ1v) is 7.27. The second-order valence-corrected chi connectivity index (χ2v) is 6.07. The molecule has 120 valence electrons. The van der Waals surface area contributed by atoms with Crippen LogP contribution in [0, 0.1) is 10.1 Å². The van der Waals surface area contributed by atoms with Gasteiger partial charge in [-0.25, -0.2) is 8.42 Å². The topological polar surface area (TPSA) is 155 Å². The van der Waals surface area contributed by atoms with Gasteiger partial charge < -0.3 is 10.2 Å². The zero-order valence-corrected chi connectivity index (χ0v) is 11.9. The number of carboxylic acid groups (broad SMARTS) is 2. The van der Waals surface area contributed by atoms with Crippen LogP contribution < -0.4 is 0 Å². The summed E-state index contributed by atoms with van der Waals surface area (Å²) >= 11 is 0. The molecule has 22 heavy (non-hydrogen) atoms. The minimum absolute atomic E-state index is 0.325. The molecule has 0 spiro atoms. The van der Waals surface area contributed by atoms with Gasteiger partial charge >= 0.3 is 11.9 Å². The number of hydrogen-bond acceptors (Lipinski definition) is 6. The number of rotatable bonds is 8. The van der Waals surface area contributed by atoms with Crippen LogP contribution in [-0.4, -0.2) is 52.9 Å². The molecule has 0 atom stereocenters. The summed E-state index contributed by atoms with van der Waals surface area (Å²) in [5.74, 6) is -2.73. The molecule has 0 heterocycles. The first kappa shape index (κ1) is 17.5. The molecule has 2 N–H and O–H groups in total. The zero-order chi connectivity index (χ0) is 16.9. The molecule has 1 aromatic carbocycles. The Balaban J connectivity index is 3.11. The summed E-state index contributed by atoms with van der Waals surface area (Å²) in [5, 5.41) is 27.8. The van der Waals surface area contributed by atoms with Crippen LogP contribution in [0.25, 0.3) is 0 Å². The van der Waals surface area contributed by atoms with Crippen molar-refractivity contribution in [2.24, 2.45) is 0 Å². The largest absolute Gasteiger partial charge is 0.481 e. The van der Waals surface area contributed by atoms with E-state index in [1.165, 1.54) is 0 Å². The maximum absolute atomic E-state index is 12.3. The third kappa shape index (κ3) is 4.49. The highest BCUT2D eigenvalue weighted by molar-refractivity contribution is 7.89. The van der Waals surface area contributed by atoms with Gasteiger partial charge in [-0.05, 0) is 12.1 Å². The molecule has 1 rings (SSSR count). The fourth-order valence-corrected chi connectivity index (χ4v) is 2.93. The molecular formula is C11H12N2O8S. The van der Waals surface area contributed by atoms with Crippen LogP contribution in [0.2, 0.25) is 0 Å². The first-order chi connectivity index (χ1) is 10.1. The smallest absolute Gasteiger partial charge is 0.318 e. The maximum Gasteiger partial charge on any atom is 0.318 e. The molecule has 0 amide bonds. The zero-order valence-electron chi connectivity index (χ0n) is 11.1. The van der Waals surface area contributed by atoms with Gasteiger partial charge in [-0.1, -0.05) is 0 Å². The Morgan fingerprint density at radius 2 is 1.68 bits per heavy atom. The van der Waals surface area contributed by atoms with Crippen molar-refractivity contribution in [3.63, 3.8) is 0 Å². The Labute approximate surface area is 124 Å². The van der Waals surface area contributed by atoms with E-state index in [1.807, 2.05) is 0 Å². The average molecular weight is 332 g/mol. The van der Waals surface area contributed by atoms with E-state index < -0.39 is 46.4 Å². The summed E-state index contributed by atoms with van der Waals surface area (Å²) < 4.78 is 25.0. The van der Waals surface area contributed by atoms with E-state index in [0.29, 0.717) is 4.31 Å². The van der Waals surface area contributed by atoms with Crippen molar-refractivity contribution in [3.8, 4) is 0 Å². The molecule has 11 heteroatoms. The second-order valence-electron chi connectivity index (χ2n) is 4.13. The Kier molecular flexibility index (Phi) is 5.54. The number of sulfonamides is 1. The van der Waals surface area contributed by atoms with E-state index in [2.05, 4.69) is 0 Å². The van der Waals surface area contributed by atoms with E-state index in [4.69, 9.17) is 10.2 Å². The fraction of sp³-hybridized carbons (Fsp3) is 0.273. The Hall–Kier alpha value is -2.53. The highest BCUT2D eigenvalue weighted by atomic mass is 32.2. The van der Waals surface area contributed by atoms with Gasteiger partial charge in [0.15, 0.2) is 0 Å². The summed E-state index contributed by atoms with van der Waals surface area (Å²) in [6.07, 6.45) is -0.570. The minimum Gasteiger partial charge on any atom is -0.481 e. The van der Waals surface area contributed by atoms with Gasteiger partial charge in [-0.3, -0.25) is 19.7 Å². The third-order valence-electron chi connectivity index (χ3n) is 2.57. The van der Waals surface area contributed by atoms with Crippen molar-refractivity contribution >= 4 is 27.6 Å². The van der Waals surface area contributed by atoms with E-state index in [9.17, 15) is 28.1 Å². The third-order valence-corrected chi connectivity index (χ3v) is 4.43. The highest BCUT2D eigenvalue weighted by Gasteiger charge is 2.27.